The van der Waals surface area contributed by atoms with Crippen molar-refractivity contribution in [2.45, 2.75) is 19.4 Å². The van der Waals surface area contributed by atoms with Crippen molar-refractivity contribution in [3.05, 3.63) is 77.3 Å². The number of benzene rings is 2. The van der Waals surface area contributed by atoms with Crippen LogP contribution in [-0.2, 0) is 11.3 Å². The number of amides is 1. The molecule has 7 heteroatoms. The Hall–Kier alpha value is -3.45. The fourth-order valence-electron chi connectivity index (χ4n) is 3.90. The van der Waals surface area contributed by atoms with Gasteiger partial charge in [-0.05, 0) is 48.7 Å². The number of nitrogens with zero attached hydrogens (tertiary/aromatic N) is 3. The van der Waals surface area contributed by atoms with Crippen LogP contribution >= 0.6 is 11.3 Å². The van der Waals surface area contributed by atoms with E-state index in [0.29, 0.717) is 10.2 Å². The van der Waals surface area contributed by atoms with Crippen LogP contribution in [0, 0.1) is 0 Å². The lowest BCUT2D eigenvalue weighted by Gasteiger charge is -2.17. The fraction of sp³-hybridized carbons (Fsp3) is 0.208. The largest absolute Gasteiger partial charge is 0.372 e. The van der Waals surface area contributed by atoms with E-state index in [0.717, 1.165) is 29.2 Å². The molecule has 3 heterocycles. The van der Waals surface area contributed by atoms with Crippen LogP contribution in [0.1, 0.15) is 12.8 Å². The van der Waals surface area contributed by atoms with Gasteiger partial charge in [0, 0.05) is 29.3 Å². The second-order valence-corrected chi connectivity index (χ2v) is 8.69. The molecule has 4 aromatic rings. The zero-order valence-electron chi connectivity index (χ0n) is 17.0. The highest BCUT2D eigenvalue weighted by Gasteiger charge is 2.14. The summed E-state index contributed by atoms with van der Waals surface area (Å²) in [5, 5.41) is 3.41. The van der Waals surface area contributed by atoms with Crippen molar-refractivity contribution in [1.82, 2.24) is 9.55 Å². The lowest BCUT2D eigenvalue weighted by atomic mass is 10.2. The number of hydrogen-bond donors (Lipinski definition) is 1. The highest BCUT2D eigenvalue weighted by molar-refractivity contribution is 7.21. The molecule has 6 nitrogen and oxygen atoms in total. The van der Waals surface area contributed by atoms with Gasteiger partial charge in [-0.15, -0.1) is 11.3 Å². The molecule has 2 aromatic carbocycles. The minimum absolute atomic E-state index is 0.0772. The summed E-state index contributed by atoms with van der Waals surface area (Å²) >= 11 is 1.48. The molecule has 1 saturated heterocycles. The molecule has 0 radical (unpaired) electrons. The van der Waals surface area contributed by atoms with Crippen molar-refractivity contribution in [2.75, 3.05) is 23.3 Å². The predicted molar refractivity (Wildman–Crippen MR) is 126 cm³/mol. The normalized spacial score (nSPS) is 13.6. The van der Waals surface area contributed by atoms with Crippen LogP contribution in [0.3, 0.4) is 0 Å². The average Bonchev–Trinajstić information content (AvgIpc) is 3.48. The van der Waals surface area contributed by atoms with E-state index in [1.165, 1.54) is 40.8 Å². The lowest BCUT2D eigenvalue weighted by Crippen LogP contribution is -2.27. The smallest absolute Gasteiger partial charge is 0.262 e. The van der Waals surface area contributed by atoms with Crippen molar-refractivity contribution in [3.8, 4) is 10.4 Å². The van der Waals surface area contributed by atoms with Crippen molar-refractivity contribution >= 4 is 38.8 Å². The average molecular weight is 431 g/mol. The van der Waals surface area contributed by atoms with Gasteiger partial charge in [0.2, 0.25) is 5.91 Å². The Morgan fingerprint density at radius 3 is 2.52 bits per heavy atom. The van der Waals surface area contributed by atoms with E-state index < -0.39 is 0 Å². The second kappa shape index (κ2) is 8.35. The van der Waals surface area contributed by atoms with Crippen molar-refractivity contribution in [1.29, 1.82) is 0 Å². The number of nitrogens with one attached hydrogen (secondary N) is 1. The highest BCUT2D eigenvalue weighted by Crippen LogP contribution is 2.30. The van der Waals surface area contributed by atoms with E-state index in [4.69, 9.17) is 0 Å². The number of fused-ring (bicyclic) bond motifs is 1. The van der Waals surface area contributed by atoms with E-state index in [9.17, 15) is 9.59 Å². The predicted octanol–water partition coefficient (Wildman–Crippen LogP) is 4.36. The molecule has 0 bridgehead atoms. The molecular weight excluding hydrogens is 408 g/mol. The van der Waals surface area contributed by atoms with Crippen LogP contribution in [0.5, 0.6) is 0 Å². The summed E-state index contributed by atoms with van der Waals surface area (Å²) < 4.78 is 1.36. The minimum atomic E-state index is -0.254. The third-order valence-corrected chi connectivity index (χ3v) is 6.60. The molecule has 2 aromatic heterocycles. The third-order valence-electron chi connectivity index (χ3n) is 5.51. The molecule has 1 aliphatic heterocycles. The Labute approximate surface area is 183 Å². The number of carbonyl (C=O) groups is 1. The number of thiophene rings is 1. The summed E-state index contributed by atoms with van der Waals surface area (Å²) in [5.74, 6) is -0.254. The van der Waals surface area contributed by atoms with E-state index in [1.807, 2.05) is 60.7 Å². The first kappa shape index (κ1) is 19.5. The van der Waals surface area contributed by atoms with Crippen LogP contribution < -0.4 is 15.8 Å². The Morgan fingerprint density at radius 2 is 1.77 bits per heavy atom. The molecule has 5 rings (SSSR count). The molecule has 31 heavy (non-hydrogen) atoms. The number of rotatable bonds is 5. The van der Waals surface area contributed by atoms with E-state index in [-0.39, 0.29) is 18.0 Å². The first-order valence-corrected chi connectivity index (χ1v) is 11.2. The molecule has 156 valence electrons. The first-order valence-electron chi connectivity index (χ1n) is 10.4. The summed E-state index contributed by atoms with van der Waals surface area (Å²) in [7, 11) is 0. The van der Waals surface area contributed by atoms with E-state index in [2.05, 4.69) is 15.2 Å². The third kappa shape index (κ3) is 4.09. The number of carbonyl (C=O) groups excluding carboxylic acids is 1. The Morgan fingerprint density at radius 1 is 1.03 bits per heavy atom. The van der Waals surface area contributed by atoms with Crippen molar-refractivity contribution in [3.63, 3.8) is 0 Å². The Kier molecular flexibility index (Phi) is 5.26. The molecule has 0 spiro atoms. The molecule has 0 saturated carbocycles. The number of anilines is 2. The van der Waals surface area contributed by atoms with Gasteiger partial charge in [-0.1, -0.05) is 30.3 Å². The summed E-state index contributed by atoms with van der Waals surface area (Å²) in [6.45, 7) is 2.09. The fourth-order valence-corrected chi connectivity index (χ4v) is 4.90. The SMILES string of the molecule is O=C(Cn1cnc2sc(-c3ccccc3)cc2c1=O)Nc1ccc(N2CCCC2)cc1. The van der Waals surface area contributed by atoms with Gasteiger partial charge in [0.05, 0.1) is 11.7 Å². The standard InChI is InChI=1S/C24H22N4O2S/c29-22(26-18-8-10-19(11-9-18)27-12-4-5-13-27)15-28-16-25-23-20(24(28)30)14-21(31-23)17-6-2-1-3-7-17/h1-3,6-11,14,16H,4-5,12-13,15H2,(H,26,29). The Bertz CT molecular complexity index is 1270. The van der Waals surface area contributed by atoms with Gasteiger partial charge in [0.25, 0.3) is 5.56 Å². The van der Waals surface area contributed by atoms with Gasteiger partial charge in [-0.25, -0.2) is 4.98 Å². The van der Waals surface area contributed by atoms with E-state index in [1.54, 1.807) is 0 Å². The molecular formula is C24H22N4O2S. The van der Waals surface area contributed by atoms with Crippen LogP contribution in [-0.4, -0.2) is 28.5 Å². The van der Waals surface area contributed by atoms with Gasteiger partial charge in [0.1, 0.15) is 11.4 Å². The van der Waals surface area contributed by atoms with Gasteiger partial charge >= 0.3 is 0 Å². The summed E-state index contributed by atoms with van der Waals surface area (Å²) in [6, 6.07) is 19.6. The maximum atomic E-state index is 12.9. The zero-order chi connectivity index (χ0) is 21.2. The Balaban J connectivity index is 1.31. The van der Waals surface area contributed by atoms with Gasteiger partial charge in [0.15, 0.2) is 0 Å². The van der Waals surface area contributed by atoms with E-state index >= 15 is 0 Å². The van der Waals surface area contributed by atoms with Crippen LogP contribution in [0.15, 0.2) is 71.8 Å². The molecule has 0 aliphatic carbocycles. The molecule has 1 N–H and O–H groups in total. The topological polar surface area (TPSA) is 67.2 Å². The lowest BCUT2D eigenvalue weighted by molar-refractivity contribution is -0.116. The highest BCUT2D eigenvalue weighted by atomic mass is 32.1. The summed E-state index contributed by atoms with van der Waals surface area (Å²) in [5.41, 5.74) is 2.74. The maximum Gasteiger partial charge on any atom is 0.262 e. The van der Waals surface area contributed by atoms with Gasteiger partial charge < -0.3 is 10.2 Å². The number of hydrogen-bond acceptors (Lipinski definition) is 5. The van der Waals surface area contributed by atoms with Gasteiger partial charge in [-0.2, -0.15) is 0 Å². The van der Waals surface area contributed by atoms with Crippen molar-refractivity contribution < 1.29 is 4.79 Å². The molecule has 0 atom stereocenters. The van der Waals surface area contributed by atoms with Crippen LogP contribution in [0.25, 0.3) is 20.7 Å². The van der Waals surface area contributed by atoms with Gasteiger partial charge in [-0.3, -0.25) is 14.2 Å². The van der Waals surface area contributed by atoms with Crippen molar-refractivity contribution in [2.24, 2.45) is 0 Å². The zero-order valence-corrected chi connectivity index (χ0v) is 17.8. The second-order valence-electron chi connectivity index (χ2n) is 7.66. The quantitative estimate of drug-likeness (QED) is 0.511. The molecule has 1 fully saturated rings. The van der Waals surface area contributed by atoms with Crippen LogP contribution in [0.2, 0.25) is 0 Å². The van der Waals surface area contributed by atoms with Crippen LogP contribution in [0.4, 0.5) is 11.4 Å². The number of aromatic nitrogens is 2. The first-order chi connectivity index (χ1) is 15.2. The summed E-state index contributed by atoms with van der Waals surface area (Å²) in [4.78, 5) is 33.8. The monoisotopic (exact) mass is 430 g/mol. The maximum absolute atomic E-state index is 12.9. The molecule has 1 amide bonds. The summed E-state index contributed by atoms with van der Waals surface area (Å²) in [6.07, 6.45) is 3.90. The molecule has 0 unspecified atom stereocenters. The minimum Gasteiger partial charge on any atom is -0.372 e. The molecule has 1 aliphatic rings.